The lowest BCUT2D eigenvalue weighted by Crippen LogP contribution is -2.18. The molecule has 132 valence electrons. The maximum atomic E-state index is 13.8. The topological polar surface area (TPSA) is 64.0 Å². The van der Waals surface area contributed by atoms with Gasteiger partial charge in [-0.25, -0.2) is 9.07 Å². The number of aromatic nitrogens is 2. The Labute approximate surface area is 154 Å². The largest absolute Gasteiger partial charge is 0.326 e. The van der Waals surface area contributed by atoms with Crippen LogP contribution >= 0.6 is 11.6 Å². The molecule has 7 heteroatoms. The molecule has 2 aromatic carbocycles. The van der Waals surface area contributed by atoms with E-state index in [0.29, 0.717) is 11.4 Å². The molecule has 1 heterocycles. The van der Waals surface area contributed by atoms with Gasteiger partial charge < -0.3 is 5.32 Å². The third-order valence-corrected chi connectivity index (χ3v) is 4.18. The lowest BCUT2D eigenvalue weighted by Gasteiger charge is -2.08. The molecule has 0 saturated carbocycles. The van der Waals surface area contributed by atoms with Gasteiger partial charge in [0, 0.05) is 35.0 Å². The van der Waals surface area contributed by atoms with E-state index in [2.05, 4.69) is 10.4 Å². The average Bonchev–Trinajstić information content (AvgIpc) is 2.61. The average molecular weight is 372 g/mol. The zero-order valence-corrected chi connectivity index (χ0v) is 14.6. The van der Waals surface area contributed by atoms with Gasteiger partial charge in [-0.3, -0.25) is 9.59 Å². The third kappa shape index (κ3) is 3.97. The van der Waals surface area contributed by atoms with Crippen LogP contribution in [-0.2, 0) is 18.3 Å². The number of anilines is 1. The Bertz CT molecular complexity index is 996. The molecule has 0 fully saturated rings. The number of hydrogen-bond acceptors (Lipinski definition) is 3. The normalized spacial score (nSPS) is 10.6. The highest BCUT2D eigenvalue weighted by Gasteiger charge is 2.12. The Kier molecular flexibility index (Phi) is 5.14. The minimum absolute atomic E-state index is 0.157. The van der Waals surface area contributed by atoms with E-state index in [1.165, 1.54) is 22.9 Å². The molecule has 0 spiro atoms. The Morgan fingerprint density at radius 1 is 1.15 bits per heavy atom. The highest BCUT2D eigenvalue weighted by atomic mass is 35.5. The van der Waals surface area contributed by atoms with Crippen molar-refractivity contribution in [1.29, 1.82) is 0 Å². The van der Waals surface area contributed by atoms with E-state index in [0.717, 1.165) is 5.56 Å². The van der Waals surface area contributed by atoms with Gasteiger partial charge in [0.25, 0.3) is 5.56 Å². The molecule has 5 nitrogen and oxygen atoms in total. The SMILES string of the molecule is Cn1nc(-c2ccc(NC(=O)Cc3c(F)cccc3Cl)cc2)ccc1=O. The maximum Gasteiger partial charge on any atom is 0.266 e. The van der Waals surface area contributed by atoms with Gasteiger partial charge in [-0.1, -0.05) is 29.8 Å². The minimum Gasteiger partial charge on any atom is -0.326 e. The first kappa shape index (κ1) is 17.8. The fourth-order valence-electron chi connectivity index (χ4n) is 2.45. The number of amides is 1. The zero-order valence-electron chi connectivity index (χ0n) is 13.9. The smallest absolute Gasteiger partial charge is 0.266 e. The number of nitrogens with one attached hydrogen (secondary N) is 1. The van der Waals surface area contributed by atoms with Crippen LogP contribution in [0.15, 0.2) is 59.4 Å². The van der Waals surface area contributed by atoms with Crippen LogP contribution in [0, 0.1) is 5.82 Å². The van der Waals surface area contributed by atoms with Gasteiger partial charge in [-0.2, -0.15) is 5.10 Å². The molecule has 1 N–H and O–H groups in total. The molecule has 0 aliphatic heterocycles. The summed E-state index contributed by atoms with van der Waals surface area (Å²) >= 11 is 5.94. The molecule has 0 bridgehead atoms. The summed E-state index contributed by atoms with van der Waals surface area (Å²) in [4.78, 5) is 23.5. The van der Waals surface area contributed by atoms with E-state index in [1.54, 1.807) is 43.4 Å². The molecule has 3 aromatic rings. The van der Waals surface area contributed by atoms with Gasteiger partial charge in [-0.05, 0) is 30.3 Å². The molecular weight excluding hydrogens is 357 g/mol. The number of aryl methyl sites for hydroxylation is 1. The second kappa shape index (κ2) is 7.49. The van der Waals surface area contributed by atoms with Crippen LogP contribution in [0.2, 0.25) is 5.02 Å². The molecule has 0 aliphatic rings. The van der Waals surface area contributed by atoms with Gasteiger partial charge in [0.15, 0.2) is 0 Å². The molecule has 0 unspecified atom stereocenters. The summed E-state index contributed by atoms with van der Waals surface area (Å²) in [5.74, 6) is -0.881. The van der Waals surface area contributed by atoms with Crippen LogP contribution in [0.4, 0.5) is 10.1 Å². The molecule has 0 atom stereocenters. The minimum atomic E-state index is -0.510. The van der Waals surface area contributed by atoms with Crippen molar-refractivity contribution in [2.45, 2.75) is 6.42 Å². The lowest BCUT2D eigenvalue weighted by atomic mass is 10.1. The van der Waals surface area contributed by atoms with Crippen molar-refractivity contribution in [3.63, 3.8) is 0 Å². The van der Waals surface area contributed by atoms with E-state index in [4.69, 9.17) is 11.6 Å². The van der Waals surface area contributed by atoms with Crippen LogP contribution < -0.4 is 10.9 Å². The second-order valence-electron chi connectivity index (χ2n) is 5.68. The molecule has 0 radical (unpaired) electrons. The maximum absolute atomic E-state index is 13.8. The van der Waals surface area contributed by atoms with Gasteiger partial charge in [0.05, 0.1) is 12.1 Å². The Hall–Kier alpha value is -2.99. The van der Waals surface area contributed by atoms with Gasteiger partial charge in [-0.15, -0.1) is 0 Å². The lowest BCUT2D eigenvalue weighted by molar-refractivity contribution is -0.115. The van der Waals surface area contributed by atoms with Gasteiger partial charge >= 0.3 is 0 Å². The van der Waals surface area contributed by atoms with E-state index in [9.17, 15) is 14.0 Å². The summed E-state index contributed by atoms with van der Waals surface area (Å²) < 4.78 is 15.0. The predicted molar refractivity (Wildman–Crippen MR) is 98.7 cm³/mol. The predicted octanol–water partition coefficient (Wildman–Crippen LogP) is 3.42. The molecule has 1 amide bonds. The summed E-state index contributed by atoms with van der Waals surface area (Å²) in [6.45, 7) is 0. The van der Waals surface area contributed by atoms with E-state index in [-0.39, 0.29) is 28.5 Å². The summed E-state index contributed by atoms with van der Waals surface area (Å²) in [6.07, 6.45) is -0.157. The van der Waals surface area contributed by atoms with E-state index in [1.807, 2.05) is 0 Å². The number of halogens is 2. The molecule has 0 aliphatic carbocycles. The number of carbonyl (C=O) groups is 1. The summed E-state index contributed by atoms with van der Waals surface area (Å²) in [5, 5.41) is 7.09. The molecule has 26 heavy (non-hydrogen) atoms. The molecule has 3 rings (SSSR count). The fraction of sp³-hybridized carbons (Fsp3) is 0.105. The summed E-state index contributed by atoms with van der Waals surface area (Å²) in [7, 11) is 1.58. The monoisotopic (exact) mass is 371 g/mol. The van der Waals surface area contributed by atoms with Crippen molar-refractivity contribution in [2.75, 3.05) is 5.32 Å². The number of benzene rings is 2. The molecular formula is C19H15ClFN3O2. The molecule has 0 saturated heterocycles. The van der Waals surface area contributed by atoms with Crippen LogP contribution in [-0.4, -0.2) is 15.7 Å². The van der Waals surface area contributed by atoms with E-state index < -0.39 is 5.82 Å². The van der Waals surface area contributed by atoms with Crippen molar-refractivity contribution in [3.05, 3.63) is 81.4 Å². The Morgan fingerprint density at radius 2 is 1.88 bits per heavy atom. The van der Waals surface area contributed by atoms with Crippen LogP contribution in [0.25, 0.3) is 11.3 Å². The number of hydrogen-bond donors (Lipinski definition) is 1. The first-order valence-corrected chi connectivity index (χ1v) is 8.19. The van der Waals surface area contributed by atoms with Crippen LogP contribution in [0.1, 0.15) is 5.56 Å². The number of rotatable bonds is 4. The fourth-order valence-corrected chi connectivity index (χ4v) is 2.68. The highest BCUT2D eigenvalue weighted by molar-refractivity contribution is 6.31. The summed E-state index contributed by atoms with van der Waals surface area (Å²) in [5.41, 5.74) is 1.98. The zero-order chi connectivity index (χ0) is 18.7. The number of carbonyl (C=O) groups excluding carboxylic acids is 1. The number of nitrogens with zero attached hydrogens (tertiary/aromatic N) is 2. The summed E-state index contributed by atoms with van der Waals surface area (Å²) in [6, 6.07) is 14.4. The first-order chi connectivity index (χ1) is 12.4. The quantitative estimate of drug-likeness (QED) is 0.764. The third-order valence-electron chi connectivity index (χ3n) is 3.82. The van der Waals surface area contributed by atoms with Crippen LogP contribution in [0.5, 0.6) is 0 Å². The highest BCUT2D eigenvalue weighted by Crippen LogP contribution is 2.21. The Balaban J connectivity index is 1.72. The standard InChI is InChI=1S/C19H15ClFN3O2/c1-24-19(26)10-9-17(23-24)12-5-7-13(8-6-12)22-18(25)11-14-15(20)3-2-4-16(14)21/h2-10H,11H2,1H3,(H,22,25). The van der Waals surface area contributed by atoms with Crippen molar-refractivity contribution < 1.29 is 9.18 Å². The second-order valence-corrected chi connectivity index (χ2v) is 6.09. The molecule has 1 aromatic heterocycles. The van der Waals surface area contributed by atoms with Crippen LogP contribution in [0.3, 0.4) is 0 Å². The van der Waals surface area contributed by atoms with Gasteiger partial charge in [0.1, 0.15) is 5.82 Å². The van der Waals surface area contributed by atoms with E-state index >= 15 is 0 Å². The first-order valence-electron chi connectivity index (χ1n) is 7.81. The van der Waals surface area contributed by atoms with Crippen molar-refractivity contribution in [2.24, 2.45) is 7.05 Å². The van der Waals surface area contributed by atoms with Crippen molar-refractivity contribution in [3.8, 4) is 11.3 Å². The van der Waals surface area contributed by atoms with Crippen molar-refractivity contribution in [1.82, 2.24) is 9.78 Å². The van der Waals surface area contributed by atoms with Gasteiger partial charge in [0.2, 0.25) is 5.91 Å². The van der Waals surface area contributed by atoms with Crippen molar-refractivity contribution >= 4 is 23.2 Å². The Morgan fingerprint density at radius 3 is 2.54 bits per heavy atom.